The number of benzene rings is 2. The topological polar surface area (TPSA) is 50.8 Å². The summed E-state index contributed by atoms with van der Waals surface area (Å²) >= 11 is 0. The summed E-state index contributed by atoms with van der Waals surface area (Å²) in [5.41, 5.74) is -1.29. The van der Waals surface area contributed by atoms with E-state index >= 15 is 0 Å². The summed E-state index contributed by atoms with van der Waals surface area (Å²) in [6.45, 7) is 0.398. The molecule has 0 radical (unpaired) electrons. The molecule has 0 aliphatic carbocycles. The van der Waals surface area contributed by atoms with E-state index in [-0.39, 0.29) is 18.7 Å². The van der Waals surface area contributed by atoms with Crippen LogP contribution in [0.5, 0.6) is 11.5 Å². The normalized spacial score (nSPS) is 11.4. The van der Waals surface area contributed by atoms with Crippen LogP contribution >= 0.6 is 0 Å². The lowest BCUT2D eigenvalue weighted by Gasteiger charge is -2.18. The maximum absolute atomic E-state index is 13.1. The van der Waals surface area contributed by atoms with Crippen LogP contribution in [0.3, 0.4) is 0 Å². The van der Waals surface area contributed by atoms with E-state index in [9.17, 15) is 22.4 Å². The Labute approximate surface area is 166 Å². The van der Waals surface area contributed by atoms with E-state index in [4.69, 9.17) is 9.47 Å². The minimum atomic E-state index is -4.70. The average Bonchev–Trinajstić information content (AvgIpc) is 2.66. The van der Waals surface area contributed by atoms with Gasteiger partial charge in [0.2, 0.25) is 5.91 Å². The van der Waals surface area contributed by atoms with Crippen molar-refractivity contribution in [2.45, 2.75) is 12.7 Å². The number of hydrogen-bond acceptors (Lipinski definition) is 4. The summed E-state index contributed by atoms with van der Waals surface area (Å²) in [5.74, 6) is -0.0704. The highest BCUT2D eigenvalue weighted by atomic mass is 19.4. The molecule has 0 saturated carbocycles. The van der Waals surface area contributed by atoms with Gasteiger partial charge >= 0.3 is 6.18 Å². The molecule has 1 N–H and O–H groups in total. The van der Waals surface area contributed by atoms with E-state index in [1.807, 2.05) is 0 Å². The molecule has 5 nitrogen and oxygen atoms in total. The van der Waals surface area contributed by atoms with Crippen molar-refractivity contribution in [3.05, 3.63) is 59.4 Å². The number of ether oxygens (including phenoxy) is 2. The first-order chi connectivity index (χ1) is 13.7. The summed E-state index contributed by atoms with van der Waals surface area (Å²) in [5, 5.41) is 2.42. The van der Waals surface area contributed by atoms with Gasteiger partial charge in [-0.25, -0.2) is 4.39 Å². The molecular formula is C20H22F4N2O3. The summed E-state index contributed by atoms with van der Waals surface area (Å²) in [4.78, 5) is 13.7. The monoisotopic (exact) mass is 414 g/mol. The molecule has 0 unspecified atom stereocenters. The number of carbonyl (C=O) groups is 1. The Balaban J connectivity index is 1.77. The van der Waals surface area contributed by atoms with Gasteiger partial charge in [-0.1, -0.05) is 6.07 Å². The minimum absolute atomic E-state index is 0.0193. The molecule has 0 aliphatic heterocycles. The molecule has 0 aromatic heterocycles. The van der Waals surface area contributed by atoms with Gasteiger partial charge in [0.15, 0.2) is 0 Å². The second-order valence-electron chi connectivity index (χ2n) is 6.34. The first-order valence-electron chi connectivity index (χ1n) is 8.76. The van der Waals surface area contributed by atoms with Crippen molar-refractivity contribution in [1.29, 1.82) is 0 Å². The summed E-state index contributed by atoms with van der Waals surface area (Å²) in [7, 11) is 3.26. The van der Waals surface area contributed by atoms with Gasteiger partial charge in [0, 0.05) is 13.1 Å². The SMILES string of the molecule is COc1ccc(OCCN(C)CC(=O)NCc2ccc(F)cc2C(F)(F)F)cc1. The smallest absolute Gasteiger partial charge is 0.416 e. The quantitative estimate of drug-likeness (QED) is 0.639. The van der Waals surface area contributed by atoms with Crippen LogP contribution in [-0.2, 0) is 17.5 Å². The molecule has 158 valence electrons. The minimum Gasteiger partial charge on any atom is -0.497 e. The number of halogens is 4. The lowest BCUT2D eigenvalue weighted by Crippen LogP contribution is -2.37. The Morgan fingerprint density at radius 1 is 1.10 bits per heavy atom. The molecule has 0 saturated heterocycles. The van der Waals surface area contributed by atoms with Crippen LogP contribution in [-0.4, -0.2) is 44.7 Å². The van der Waals surface area contributed by atoms with Crippen molar-refractivity contribution in [1.82, 2.24) is 10.2 Å². The van der Waals surface area contributed by atoms with Crippen molar-refractivity contribution in [3.63, 3.8) is 0 Å². The van der Waals surface area contributed by atoms with Gasteiger partial charge in [0.1, 0.15) is 23.9 Å². The fourth-order valence-corrected chi connectivity index (χ4v) is 2.53. The van der Waals surface area contributed by atoms with E-state index in [0.717, 1.165) is 12.1 Å². The number of nitrogens with one attached hydrogen (secondary N) is 1. The number of rotatable bonds is 9. The molecule has 2 aromatic carbocycles. The third kappa shape index (κ3) is 7.26. The Kier molecular flexibility index (Phi) is 7.83. The molecule has 0 heterocycles. The van der Waals surface area contributed by atoms with Crippen molar-refractivity contribution in [3.8, 4) is 11.5 Å². The van der Waals surface area contributed by atoms with Gasteiger partial charge in [0.05, 0.1) is 19.2 Å². The number of methoxy groups -OCH3 is 1. The van der Waals surface area contributed by atoms with Crippen LogP contribution in [0.25, 0.3) is 0 Å². The molecule has 0 bridgehead atoms. The molecule has 1 amide bonds. The third-order valence-electron chi connectivity index (χ3n) is 4.07. The lowest BCUT2D eigenvalue weighted by atomic mass is 10.1. The number of nitrogens with zero attached hydrogens (tertiary/aromatic N) is 1. The number of carbonyl (C=O) groups excluding carboxylic acids is 1. The number of hydrogen-bond donors (Lipinski definition) is 1. The fourth-order valence-electron chi connectivity index (χ4n) is 2.53. The van der Waals surface area contributed by atoms with E-state index in [0.29, 0.717) is 30.7 Å². The Morgan fingerprint density at radius 3 is 2.38 bits per heavy atom. The van der Waals surface area contributed by atoms with Crippen LogP contribution in [0.1, 0.15) is 11.1 Å². The highest BCUT2D eigenvalue weighted by molar-refractivity contribution is 5.78. The van der Waals surface area contributed by atoms with Gasteiger partial charge in [-0.3, -0.25) is 9.69 Å². The van der Waals surface area contributed by atoms with E-state index in [2.05, 4.69) is 5.32 Å². The molecule has 0 spiro atoms. The van der Waals surface area contributed by atoms with Gasteiger partial charge in [-0.15, -0.1) is 0 Å². The molecule has 0 atom stereocenters. The van der Waals surface area contributed by atoms with E-state index in [1.165, 1.54) is 0 Å². The van der Waals surface area contributed by atoms with Crippen LogP contribution < -0.4 is 14.8 Å². The zero-order chi connectivity index (χ0) is 21.4. The van der Waals surface area contributed by atoms with Crippen LogP contribution in [0.15, 0.2) is 42.5 Å². The number of likely N-dealkylation sites (N-methyl/N-ethyl adjacent to an activating group) is 1. The predicted octanol–water partition coefficient (Wildman–Crippen LogP) is 3.48. The molecule has 2 rings (SSSR count). The third-order valence-corrected chi connectivity index (χ3v) is 4.07. The zero-order valence-electron chi connectivity index (χ0n) is 16.1. The van der Waals surface area contributed by atoms with Gasteiger partial charge in [0.25, 0.3) is 0 Å². The Hall–Kier alpha value is -2.81. The van der Waals surface area contributed by atoms with Gasteiger partial charge in [-0.2, -0.15) is 13.2 Å². The maximum Gasteiger partial charge on any atom is 0.416 e. The molecule has 2 aromatic rings. The number of amides is 1. The van der Waals surface area contributed by atoms with Crippen molar-refractivity contribution in [2.75, 3.05) is 33.9 Å². The highest BCUT2D eigenvalue weighted by Crippen LogP contribution is 2.32. The van der Waals surface area contributed by atoms with Gasteiger partial charge in [-0.05, 0) is 49.0 Å². The van der Waals surface area contributed by atoms with E-state index in [1.54, 1.807) is 43.3 Å². The number of alkyl halides is 3. The zero-order valence-corrected chi connectivity index (χ0v) is 16.1. The first kappa shape index (κ1) is 22.5. The second kappa shape index (κ2) is 10.1. The fraction of sp³-hybridized carbons (Fsp3) is 0.350. The maximum atomic E-state index is 13.1. The molecular weight excluding hydrogens is 392 g/mol. The summed E-state index contributed by atoms with van der Waals surface area (Å²) in [6, 6.07) is 9.40. The van der Waals surface area contributed by atoms with Crippen LogP contribution in [0, 0.1) is 5.82 Å². The Bertz CT molecular complexity index is 810. The lowest BCUT2D eigenvalue weighted by molar-refractivity contribution is -0.138. The van der Waals surface area contributed by atoms with Crippen molar-refractivity contribution in [2.24, 2.45) is 0 Å². The molecule has 29 heavy (non-hydrogen) atoms. The molecule has 0 aliphatic rings. The van der Waals surface area contributed by atoms with Crippen LogP contribution in [0.2, 0.25) is 0 Å². The largest absolute Gasteiger partial charge is 0.497 e. The second-order valence-corrected chi connectivity index (χ2v) is 6.34. The highest BCUT2D eigenvalue weighted by Gasteiger charge is 2.33. The molecule has 9 heteroatoms. The van der Waals surface area contributed by atoms with Crippen LogP contribution in [0.4, 0.5) is 17.6 Å². The van der Waals surface area contributed by atoms with Crippen molar-refractivity contribution < 1.29 is 31.8 Å². The first-order valence-corrected chi connectivity index (χ1v) is 8.76. The predicted molar refractivity (Wildman–Crippen MR) is 99.2 cm³/mol. The average molecular weight is 414 g/mol. The molecule has 0 fully saturated rings. The van der Waals surface area contributed by atoms with E-state index < -0.39 is 23.5 Å². The van der Waals surface area contributed by atoms with Crippen molar-refractivity contribution >= 4 is 5.91 Å². The van der Waals surface area contributed by atoms with Gasteiger partial charge < -0.3 is 14.8 Å². The standard InChI is InChI=1S/C20H22F4N2O3/c1-26(9-10-29-17-7-5-16(28-2)6-8-17)13-19(27)25-12-14-3-4-15(21)11-18(14)20(22,23)24/h3-8,11H,9-10,12-13H2,1-2H3,(H,25,27). The summed E-state index contributed by atoms with van der Waals surface area (Å²) in [6.07, 6.45) is -4.70. The summed E-state index contributed by atoms with van der Waals surface area (Å²) < 4.78 is 62.7. The Morgan fingerprint density at radius 2 is 1.76 bits per heavy atom.